The normalized spacial score (nSPS) is 13.0. The molecule has 0 unspecified atom stereocenters. The van der Waals surface area contributed by atoms with Gasteiger partial charge in [0.05, 0.1) is 6.61 Å². The lowest BCUT2D eigenvalue weighted by atomic mass is 10.2. The second kappa shape index (κ2) is 8.38. The zero-order valence-electron chi connectivity index (χ0n) is 14.7. The van der Waals surface area contributed by atoms with Gasteiger partial charge in [-0.1, -0.05) is 0 Å². The molecule has 0 saturated heterocycles. The van der Waals surface area contributed by atoms with Crippen molar-refractivity contribution >= 4 is 23.2 Å². The van der Waals surface area contributed by atoms with Crippen molar-refractivity contribution in [2.24, 2.45) is 5.92 Å². The van der Waals surface area contributed by atoms with E-state index < -0.39 is 0 Å². The molecule has 6 nitrogen and oxygen atoms in total. The highest BCUT2D eigenvalue weighted by Gasteiger charge is 2.29. The Morgan fingerprint density at radius 1 is 0.885 bits per heavy atom. The standard InChI is InChI=1S/C20H22N2O4/c1-2-25-17-9-11-18(12-10-17)26-13-19(23)21-15-5-7-16(8-6-15)22-20(24)14-3-4-14/h5-12,14H,2-4,13H2,1H3,(H,21,23)(H,22,24). The highest BCUT2D eigenvalue weighted by atomic mass is 16.5. The lowest BCUT2D eigenvalue weighted by Crippen LogP contribution is -2.20. The van der Waals surface area contributed by atoms with Gasteiger partial charge in [0, 0.05) is 17.3 Å². The number of benzene rings is 2. The predicted molar refractivity (Wildman–Crippen MR) is 99.5 cm³/mol. The fourth-order valence-corrected chi connectivity index (χ4v) is 2.37. The first-order valence-corrected chi connectivity index (χ1v) is 8.70. The predicted octanol–water partition coefficient (Wildman–Crippen LogP) is 3.45. The Labute approximate surface area is 152 Å². The van der Waals surface area contributed by atoms with E-state index in [-0.39, 0.29) is 24.3 Å². The maximum absolute atomic E-state index is 12.0. The van der Waals surface area contributed by atoms with Gasteiger partial charge in [0.25, 0.3) is 5.91 Å². The van der Waals surface area contributed by atoms with Gasteiger partial charge in [0.1, 0.15) is 11.5 Å². The molecule has 0 bridgehead atoms. The van der Waals surface area contributed by atoms with Crippen molar-refractivity contribution in [1.82, 2.24) is 0 Å². The van der Waals surface area contributed by atoms with Gasteiger partial charge in [-0.3, -0.25) is 9.59 Å². The van der Waals surface area contributed by atoms with Gasteiger partial charge in [0.2, 0.25) is 5.91 Å². The summed E-state index contributed by atoms with van der Waals surface area (Å²) in [5.41, 5.74) is 1.38. The summed E-state index contributed by atoms with van der Waals surface area (Å²) in [4.78, 5) is 23.7. The molecule has 2 amide bonds. The third-order valence-electron chi connectivity index (χ3n) is 3.89. The molecule has 0 spiro atoms. The van der Waals surface area contributed by atoms with Crippen molar-refractivity contribution < 1.29 is 19.1 Å². The van der Waals surface area contributed by atoms with Crippen molar-refractivity contribution in [2.45, 2.75) is 19.8 Å². The molecule has 3 rings (SSSR count). The molecule has 0 aromatic heterocycles. The largest absolute Gasteiger partial charge is 0.494 e. The molecule has 0 heterocycles. The Bertz CT molecular complexity index is 752. The van der Waals surface area contributed by atoms with Crippen molar-refractivity contribution in [1.29, 1.82) is 0 Å². The quantitative estimate of drug-likeness (QED) is 0.761. The van der Waals surface area contributed by atoms with Crippen LogP contribution in [0.25, 0.3) is 0 Å². The van der Waals surface area contributed by atoms with Crippen LogP contribution in [0.4, 0.5) is 11.4 Å². The van der Waals surface area contributed by atoms with Crippen LogP contribution in [-0.2, 0) is 9.59 Å². The SMILES string of the molecule is CCOc1ccc(OCC(=O)Nc2ccc(NC(=O)C3CC3)cc2)cc1. The molecule has 2 aromatic rings. The first kappa shape index (κ1) is 17.8. The molecule has 0 atom stereocenters. The number of carbonyl (C=O) groups excluding carboxylic acids is 2. The maximum Gasteiger partial charge on any atom is 0.262 e. The topological polar surface area (TPSA) is 76.7 Å². The van der Waals surface area contributed by atoms with Crippen LogP contribution in [0.5, 0.6) is 11.5 Å². The maximum atomic E-state index is 12.0. The number of hydrogen-bond donors (Lipinski definition) is 2. The van der Waals surface area contributed by atoms with Crippen molar-refractivity contribution in [3.8, 4) is 11.5 Å². The molecule has 1 aliphatic rings. The Hall–Kier alpha value is -3.02. The Morgan fingerprint density at radius 3 is 1.96 bits per heavy atom. The van der Waals surface area contributed by atoms with E-state index in [2.05, 4.69) is 10.6 Å². The average molecular weight is 354 g/mol. The summed E-state index contributed by atoms with van der Waals surface area (Å²) < 4.78 is 10.8. The molecule has 1 aliphatic carbocycles. The number of amides is 2. The van der Waals surface area contributed by atoms with E-state index in [4.69, 9.17) is 9.47 Å². The van der Waals surface area contributed by atoms with Crippen LogP contribution in [0.1, 0.15) is 19.8 Å². The molecule has 2 aromatic carbocycles. The van der Waals surface area contributed by atoms with Crippen molar-refractivity contribution in [3.05, 3.63) is 48.5 Å². The van der Waals surface area contributed by atoms with E-state index in [0.717, 1.165) is 24.3 Å². The van der Waals surface area contributed by atoms with Gasteiger partial charge < -0.3 is 20.1 Å². The molecule has 2 N–H and O–H groups in total. The monoisotopic (exact) mass is 354 g/mol. The summed E-state index contributed by atoms with van der Waals surface area (Å²) >= 11 is 0. The molecule has 0 aliphatic heterocycles. The molecule has 6 heteroatoms. The van der Waals surface area contributed by atoms with Gasteiger partial charge in [-0.25, -0.2) is 0 Å². The van der Waals surface area contributed by atoms with Crippen LogP contribution >= 0.6 is 0 Å². The number of nitrogens with one attached hydrogen (secondary N) is 2. The summed E-state index contributed by atoms with van der Waals surface area (Å²) in [6.07, 6.45) is 1.93. The number of hydrogen-bond acceptors (Lipinski definition) is 4. The molecule has 1 fully saturated rings. The van der Waals surface area contributed by atoms with Gasteiger partial charge in [0.15, 0.2) is 6.61 Å². The second-order valence-electron chi connectivity index (χ2n) is 6.08. The van der Waals surface area contributed by atoms with Crippen LogP contribution in [0.3, 0.4) is 0 Å². The number of carbonyl (C=O) groups is 2. The van der Waals surface area contributed by atoms with Gasteiger partial charge >= 0.3 is 0 Å². The van der Waals surface area contributed by atoms with E-state index in [1.807, 2.05) is 6.92 Å². The zero-order valence-corrected chi connectivity index (χ0v) is 14.7. The van der Waals surface area contributed by atoms with Gasteiger partial charge in [-0.15, -0.1) is 0 Å². The minimum Gasteiger partial charge on any atom is -0.494 e. The number of anilines is 2. The van der Waals surface area contributed by atoms with E-state index in [1.165, 1.54) is 0 Å². The summed E-state index contributed by atoms with van der Waals surface area (Å²) in [7, 11) is 0. The zero-order chi connectivity index (χ0) is 18.4. The van der Waals surface area contributed by atoms with Crippen LogP contribution in [0.2, 0.25) is 0 Å². The van der Waals surface area contributed by atoms with E-state index in [9.17, 15) is 9.59 Å². The minimum atomic E-state index is -0.256. The Balaban J connectivity index is 1.44. The third-order valence-corrected chi connectivity index (χ3v) is 3.89. The molecule has 0 radical (unpaired) electrons. The Morgan fingerprint density at radius 2 is 1.42 bits per heavy atom. The summed E-state index contributed by atoms with van der Waals surface area (Å²) in [6, 6.07) is 14.1. The average Bonchev–Trinajstić information content (AvgIpc) is 3.48. The fourth-order valence-electron chi connectivity index (χ4n) is 2.37. The summed E-state index contributed by atoms with van der Waals surface area (Å²) in [5.74, 6) is 1.33. The first-order valence-electron chi connectivity index (χ1n) is 8.70. The Kier molecular flexibility index (Phi) is 5.73. The molecule has 136 valence electrons. The van der Waals surface area contributed by atoms with E-state index >= 15 is 0 Å². The van der Waals surface area contributed by atoms with Crippen LogP contribution < -0.4 is 20.1 Å². The molecular weight excluding hydrogens is 332 g/mol. The molecule has 1 saturated carbocycles. The lowest BCUT2D eigenvalue weighted by Gasteiger charge is -2.09. The van der Waals surface area contributed by atoms with E-state index in [0.29, 0.717) is 18.0 Å². The van der Waals surface area contributed by atoms with Crippen LogP contribution in [0, 0.1) is 5.92 Å². The third kappa shape index (κ3) is 5.24. The second-order valence-corrected chi connectivity index (χ2v) is 6.08. The van der Waals surface area contributed by atoms with E-state index in [1.54, 1.807) is 48.5 Å². The van der Waals surface area contributed by atoms with Crippen LogP contribution in [-0.4, -0.2) is 25.0 Å². The molecular formula is C20H22N2O4. The summed E-state index contributed by atoms with van der Waals surface area (Å²) in [6.45, 7) is 2.43. The number of rotatable bonds is 8. The smallest absolute Gasteiger partial charge is 0.262 e. The van der Waals surface area contributed by atoms with Gasteiger partial charge in [-0.2, -0.15) is 0 Å². The minimum absolute atomic E-state index is 0.0607. The van der Waals surface area contributed by atoms with Crippen molar-refractivity contribution in [2.75, 3.05) is 23.8 Å². The fraction of sp³-hybridized carbons (Fsp3) is 0.300. The van der Waals surface area contributed by atoms with Crippen molar-refractivity contribution in [3.63, 3.8) is 0 Å². The first-order chi connectivity index (χ1) is 12.6. The number of ether oxygens (including phenoxy) is 2. The molecule has 26 heavy (non-hydrogen) atoms. The lowest BCUT2D eigenvalue weighted by molar-refractivity contribution is -0.118. The van der Waals surface area contributed by atoms with Crippen LogP contribution in [0.15, 0.2) is 48.5 Å². The highest BCUT2D eigenvalue weighted by molar-refractivity contribution is 5.95. The summed E-state index contributed by atoms with van der Waals surface area (Å²) in [5, 5.41) is 5.62. The van der Waals surface area contributed by atoms with Gasteiger partial charge in [-0.05, 0) is 68.3 Å². The highest BCUT2D eigenvalue weighted by Crippen LogP contribution is 2.30.